The number of carbonyl (C=O) groups is 1. The summed E-state index contributed by atoms with van der Waals surface area (Å²) in [5, 5.41) is 4.56. The number of hydrogen-bond donors (Lipinski definition) is 1. The van der Waals surface area contributed by atoms with Crippen LogP contribution in [0.5, 0.6) is 0 Å². The van der Waals surface area contributed by atoms with E-state index in [9.17, 15) is 13.2 Å². The monoisotopic (exact) mass is 473 g/mol. The van der Waals surface area contributed by atoms with E-state index in [2.05, 4.69) is 5.32 Å². The summed E-state index contributed by atoms with van der Waals surface area (Å²) in [6, 6.07) is 6.01. The highest BCUT2D eigenvalue weighted by atomic mass is 35.5. The summed E-state index contributed by atoms with van der Waals surface area (Å²) in [7, 11) is -1.34. The number of halogens is 2. The maximum Gasteiger partial charge on any atom is 0.317 e. The molecule has 1 aromatic carbocycles. The number of nitrogens with zero attached hydrogens (tertiary/aromatic N) is 2. The second kappa shape index (κ2) is 8.15. The van der Waals surface area contributed by atoms with Gasteiger partial charge in [-0.2, -0.15) is 0 Å². The fraction of sp³-hybridized carbons (Fsp3) is 0.667. The zero-order valence-electron chi connectivity index (χ0n) is 17.4. The molecule has 2 aliphatic carbocycles. The van der Waals surface area contributed by atoms with Gasteiger partial charge in [0.2, 0.25) is 10.0 Å². The van der Waals surface area contributed by atoms with E-state index in [1.165, 1.54) is 16.1 Å². The Morgan fingerprint density at radius 1 is 1.17 bits per heavy atom. The molecule has 1 N–H and O–H groups in total. The molecule has 1 aliphatic heterocycles. The third kappa shape index (κ3) is 4.45. The molecule has 0 aromatic heterocycles. The number of benzene rings is 1. The number of amides is 2. The Balaban J connectivity index is 1.30. The van der Waals surface area contributed by atoms with Crippen molar-refractivity contribution in [2.75, 3.05) is 26.4 Å². The molecule has 9 heteroatoms. The Kier molecular flexibility index (Phi) is 6.03. The third-order valence-electron chi connectivity index (χ3n) is 7.27. The lowest BCUT2D eigenvalue weighted by molar-refractivity contribution is 0.157. The fourth-order valence-electron chi connectivity index (χ4n) is 5.36. The van der Waals surface area contributed by atoms with E-state index in [-0.39, 0.29) is 23.5 Å². The minimum atomic E-state index is -3.16. The van der Waals surface area contributed by atoms with Crippen LogP contribution in [0, 0.1) is 5.92 Å². The minimum absolute atomic E-state index is 0.0586. The normalized spacial score (nSPS) is 29.9. The number of hydrogen-bond acceptors (Lipinski definition) is 3. The Morgan fingerprint density at radius 2 is 1.80 bits per heavy atom. The van der Waals surface area contributed by atoms with Crippen molar-refractivity contribution in [3.05, 3.63) is 33.8 Å². The molecule has 1 saturated heterocycles. The van der Waals surface area contributed by atoms with Crippen molar-refractivity contribution in [1.82, 2.24) is 14.5 Å². The number of urea groups is 1. The van der Waals surface area contributed by atoms with Gasteiger partial charge >= 0.3 is 6.03 Å². The quantitative estimate of drug-likeness (QED) is 0.721. The number of nitrogens with one attached hydrogen (secondary N) is 1. The zero-order chi connectivity index (χ0) is 21.7. The molecule has 1 heterocycles. The molecule has 1 unspecified atom stereocenters. The highest BCUT2D eigenvalue weighted by Gasteiger charge is 2.57. The molecule has 0 bridgehead atoms. The van der Waals surface area contributed by atoms with Gasteiger partial charge in [0.05, 0.1) is 6.26 Å². The SMILES string of the molecule is CN(C(=O)N[C@@H]1CC[C@@]2(c3cc(Cl)cc(Cl)c3)CC2C1)C1CCN(S(C)(=O)=O)CC1. The van der Waals surface area contributed by atoms with Gasteiger partial charge in [-0.25, -0.2) is 17.5 Å². The van der Waals surface area contributed by atoms with E-state index in [1.54, 1.807) is 11.0 Å². The number of rotatable bonds is 4. The van der Waals surface area contributed by atoms with Gasteiger partial charge in [-0.3, -0.25) is 0 Å². The van der Waals surface area contributed by atoms with Gasteiger partial charge in [-0.05, 0) is 73.6 Å². The summed E-state index contributed by atoms with van der Waals surface area (Å²) in [4.78, 5) is 14.6. The van der Waals surface area contributed by atoms with Crippen LogP contribution < -0.4 is 5.32 Å². The second-order valence-corrected chi connectivity index (χ2v) is 12.0. The predicted octanol–water partition coefficient (Wildman–Crippen LogP) is 3.87. The minimum Gasteiger partial charge on any atom is -0.335 e. The predicted molar refractivity (Wildman–Crippen MR) is 120 cm³/mol. The molecule has 1 aromatic rings. The maximum absolute atomic E-state index is 12.8. The summed E-state index contributed by atoms with van der Waals surface area (Å²) in [5.74, 6) is 0.550. The molecule has 0 radical (unpaired) electrons. The molecule has 3 fully saturated rings. The lowest BCUT2D eigenvalue weighted by Gasteiger charge is -2.37. The molecule has 6 nitrogen and oxygen atoms in total. The van der Waals surface area contributed by atoms with Crippen molar-refractivity contribution in [1.29, 1.82) is 0 Å². The molecule has 2 amide bonds. The second-order valence-electron chi connectivity index (χ2n) is 9.14. The highest BCUT2D eigenvalue weighted by molar-refractivity contribution is 7.88. The lowest BCUT2D eigenvalue weighted by atomic mass is 9.81. The van der Waals surface area contributed by atoms with Gasteiger partial charge < -0.3 is 10.2 Å². The van der Waals surface area contributed by atoms with Crippen LogP contribution in [-0.2, 0) is 15.4 Å². The van der Waals surface area contributed by atoms with Gasteiger partial charge in [0, 0.05) is 42.3 Å². The molecule has 2 saturated carbocycles. The zero-order valence-corrected chi connectivity index (χ0v) is 19.7. The Labute approximate surface area is 188 Å². The van der Waals surface area contributed by atoms with Crippen LogP contribution in [0.3, 0.4) is 0 Å². The van der Waals surface area contributed by atoms with E-state index in [4.69, 9.17) is 23.2 Å². The number of sulfonamides is 1. The first-order valence-electron chi connectivity index (χ1n) is 10.5. The first-order chi connectivity index (χ1) is 14.1. The van der Waals surface area contributed by atoms with Crippen molar-refractivity contribution >= 4 is 39.3 Å². The van der Waals surface area contributed by atoms with E-state index in [0.717, 1.165) is 25.7 Å². The van der Waals surface area contributed by atoms with E-state index in [0.29, 0.717) is 41.9 Å². The Morgan fingerprint density at radius 3 is 2.37 bits per heavy atom. The average Bonchev–Trinajstić information content (AvgIpc) is 3.41. The van der Waals surface area contributed by atoms with Crippen LogP contribution in [0.1, 0.15) is 44.1 Å². The Hall–Kier alpha value is -1.02. The highest BCUT2D eigenvalue weighted by Crippen LogP contribution is 2.62. The smallest absolute Gasteiger partial charge is 0.317 e. The average molecular weight is 474 g/mol. The van der Waals surface area contributed by atoms with Gasteiger partial charge in [-0.1, -0.05) is 23.2 Å². The van der Waals surface area contributed by atoms with Gasteiger partial charge in [-0.15, -0.1) is 0 Å². The summed E-state index contributed by atoms with van der Waals surface area (Å²) in [5.41, 5.74) is 1.39. The molecule has 3 aliphatic rings. The van der Waals surface area contributed by atoms with E-state index >= 15 is 0 Å². The largest absolute Gasteiger partial charge is 0.335 e. The first kappa shape index (κ1) is 22.2. The maximum atomic E-state index is 12.8. The Bertz CT molecular complexity index is 913. The van der Waals surface area contributed by atoms with Crippen molar-refractivity contribution in [2.24, 2.45) is 5.92 Å². The van der Waals surface area contributed by atoms with Crippen LogP contribution in [0.4, 0.5) is 4.79 Å². The summed E-state index contributed by atoms with van der Waals surface area (Å²) >= 11 is 12.4. The van der Waals surface area contributed by atoms with E-state index < -0.39 is 10.0 Å². The van der Waals surface area contributed by atoms with Crippen LogP contribution in [0.25, 0.3) is 0 Å². The number of fused-ring (bicyclic) bond motifs is 1. The van der Waals surface area contributed by atoms with Crippen molar-refractivity contribution in [3.8, 4) is 0 Å². The van der Waals surface area contributed by atoms with Crippen LogP contribution in [-0.4, -0.2) is 62.1 Å². The van der Waals surface area contributed by atoms with Crippen LogP contribution in [0.2, 0.25) is 10.0 Å². The van der Waals surface area contributed by atoms with Gasteiger partial charge in [0.1, 0.15) is 0 Å². The lowest BCUT2D eigenvalue weighted by Crippen LogP contribution is -2.52. The topological polar surface area (TPSA) is 69.7 Å². The molecule has 166 valence electrons. The molecular formula is C21H29Cl2N3O3S. The molecule has 30 heavy (non-hydrogen) atoms. The molecule has 3 atom stereocenters. The standard InChI is InChI=1S/C21H29Cl2N3O3S/c1-25(19-4-7-26(8-5-19)30(2,28)29)20(27)24-18-3-6-21(13-15(21)11-18)14-9-16(22)12-17(23)10-14/h9-10,12,15,18-19H,3-8,11,13H2,1-2H3,(H,24,27)/t15?,18-,21+/m1/s1. The molecule has 0 spiro atoms. The molecule has 4 rings (SSSR count). The van der Waals surface area contributed by atoms with E-state index in [1.807, 2.05) is 19.2 Å². The van der Waals surface area contributed by atoms with Gasteiger partial charge in [0.25, 0.3) is 0 Å². The summed E-state index contributed by atoms with van der Waals surface area (Å²) < 4.78 is 24.8. The van der Waals surface area contributed by atoms with Gasteiger partial charge in [0.15, 0.2) is 0 Å². The van der Waals surface area contributed by atoms with Crippen molar-refractivity contribution in [3.63, 3.8) is 0 Å². The summed E-state index contributed by atoms with van der Waals surface area (Å²) in [6.45, 7) is 0.939. The number of piperidine rings is 1. The fourth-order valence-corrected chi connectivity index (χ4v) is 6.76. The van der Waals surface area contributed by atoms with Crippen molar-refractivity contribution < 1.29 is 13.2 Å². The number of carbonyl (C=O) groups excluding carboxylic acids is 1. The summed E-state index contributed by atoms with van der Waals surface area (Å²) in [6.07, 6.45) is 6.63. The van der Waals surface area contributed by atoms with Crippen LogP contribution in [0.15, 0.2) is 18.2 Å². The molecular weight excluding hydrogens is 445 g/mol. The van der Waals surface area contributed by atoms with Crippen LogP contribution >= 0.6 is 23.2 Å². The first-order valence-corrected chi connectivity index (χ1v) is 13.1. The third-order valence-corrected chi connectivity index (χ3v) is 9.01. The van der Waals surface area contributed by atoms with Crippen molar-refractivity contribution in [2.45, 2.75) is 56.0 Å².